The van der Waals surface area contributed by atoms with Crippen molar-refractivity contribution >= 4 is 18.3 Å². The summed E-state index contributed by atoms with van der Waals surface area (Å²) in [5.41, 5.74) is 0.788. The molecule has 0 amide bonds. The van der Waals surface area contributed by atoms with Gasteiger partial charge in [0.1, 0.15) is 6.07 Å². The molecule has 0 heterocycles. The van der Waals surface area contributed by atoms with E-state index in [0.717, 1.165) is 0 Å². The van der Waals surface area contributed by atoms with Crippen LogP contribution in [0.15, 0.2) is 17.0 Å². The molecular formula is C8H6N2O2S. The average Bonchev–Trinajstić information content (AvgIpc) is 2.09. The van der Waals surface area contributed by atoms with Crippen molar-refractivity contribution in [1.82, 2.24) is 0 Å². The van der Waals surface area contributed by atoms with E-state index in [-0.39, 0.29) is 11.3 Å². The van der Waals surface area contributed by atoms with Crippen LogP contribution >= 0.6 is 12.6 Å². The zero-order valence-corrected chi connectivity index (χ0v) is 7.71. The molecule has 5 heteroatoms. The topological polar surface area (TPSA) is 66.9 Å². The maximum Gasteiger partial charge on any atom is 0.271 e. The largest absolute Gasteiger partial charge is 0.271 e. The standard InChI is InChI=1S/C8H6N2O2S/c1-5-2-7(10(11)12)3-6(4-9)8(5)13/h2-3,13H,1H3. The van der Waals surface area contributed by atoms with Crippen LogP contribution in [0.1, 0.15) is 11.1 Å². The first-order chi connectivity index (χ1) is 6.06. The van der Waals surface area contributed by atoms with Crippen molar-refractivity contribution < 1.29 is 4.92 Å². The van der Waals surface area contributed by atoms with Crippen LogP contribution in [0, 0.1) is 28.4 Å². The van der Waals surface area contributed by atoms with Crippen LogP contribution in [-0.2, 0) is 0 Å². The summed E-state index contributed by atoms with van der Waals surface area (Å²) in [7, 11) is 0. The zero-order chi connectivity index (χ0) is 10.0. The second-order valence-corrected chi connectivity index (χ2v) is 2.97. The lowest BCUT2D eigenvalue weighted by atomic mass is 10.1. The van der Waals surface area contributed by atoms with Gasteiger partial charge in [0.05, 0.1) is 10.5 Å². The first kappa shape index (κ1) is 9.55. The summed E-state index contributed by atoms with van der Waals surface area (Å²) in [4.78, 5) is 10.4. The van der Waals surface area contributed by atoms with Crippen LogP contribution in [0.4, 0.5) is 5.69 Å². The van der Waals surface area contributed by atoms with Gasteiger partial charge in [-0.1, -0.05) is 0 Å². The number of non-ortho nitro benzene ring substituents is 1. The number of thiol groups is 1. The summed E-state index contributed by atoms with van der Waals surface area (Å²) >= 11 is 4.06. The van der Waals surface area contributed by atoms with Gasteiger partial charge in [0, 0.05) is 17.0 Å². The van der Waals surface area contributed by atoms with E-state index < -0.39 is 4.92 Å². The zero-order valence-electron chi connectivity index (χ0n) is 6.81. The molecule has 0 radical (unpaired) electrons. The Morgan fingerprint density at radius 2 is 2.23 bits per heavy atom. The smallest absolute Gasteiger partial charge is 0.258 e. The van der Waals surface area contributed by atoms with Crippen LogP contribution < -0.4 is 0 Å². The highest BCUT2D eigenvalue weighted by Crippen LogP contribution is 2.24. The van der Waals surface area contributed by atoms with Crippen molar-refractivity contribution in [3.8, 4) is 6.07 Å². The molecule has 0 aliphatic heterocycles. The quantitative estimate of drug-likeness (QED) is 0.422. The molecule has 0 saturated heterocycles. The molecule has 13 heavy (non-hydrogen) atoms. The Balaban J connectivity index is 3.41. The molecule has 4 nitrogen and oxygen atoms in total. The lowest BCUT2D eigenvalue weighted by Crippen LogP contribution is -1.91. The van der Waals surface area contributed by atoms with Crippen LogP contribution in [0.2, 0.25) is 0 Å². The molecule has 0 fully saturated rings. The fraction of sp³-hybridized carbons (Fsp3) is 0.125. The minimum Gasteiger partial charge on any atom is -0.258 e. The minimum absolute atomic E-state index is 0.0770. The van der Waals surface area contributed by atoms with Crippen LogP contribution in [0.25, 0.3) is 0 Å². The minimum atomic E-state index is -0.527. The molecule has 0 aliphatic rings. The molecule has 0 unspecified atom stereocenters. The monoisotopic (exact) mass is 194 g/mol. The van der Waals surface area contributed by atoms with E-state index in [1.54, 1.807) is 6.92 Å². The van der Waals surface area contributed by atoms with E-state index in [0.29, 0.717) is 10.5 Å². The van der Waals surface area contributed by atoms with Crippen molar-refractivity contribution in [1.29, 1.82) is 5.26 Å². The summed E-state index contributed by atoms with van der Waals surface area (Å²) in [5.74, 6) is 0. The van der Waals surface area contributed by atoms with Crippen LogP contribution in [-0.4, -0.2) is 4.92 Å². The average molecular weight is 194 g/mol. The number of nitro benzene ring substituents is 1. The molecule has 0 spiro atoms. The van der Waals surface area contributed by atoms with Crippen molar-refractivity contribution in [2.75, 3.05) is 0 Å². The SMILES string of the molecule is Cc1cc([N+](=O)[O-])cc(C#N)c1S. The molecule has 0 N–H and O–H groups in total. The fourth-order valence-corrected chi connectivity index (χ4v) is 1.13. The predicted octanol–water partition coefficient (Wildman–Crippen LogP) is 2.06. The number of benzene rings is 1. The molecule has 0 bridgehead atoms. The Morgan fingerprint density at radius 1 is 1.62 bits per heavy atom. The normalized spacial score (nSPS) is 9.31. The number of nitrogens with zero attached hydrogens (tertiary/aromatic N) is 2. The molecule has 1 rings (SSSR count). The van der Waals surface area contributed by atoms with Crippen LogP contribution in [0.5, 0.6) is 0 Å². The lowest BCUT2D eigenvalue weighted by Gasteiger charge is -2.00. The molecule has 0 atom stereocenters. The third kappa shape index (κ3) is 1.79. The Kier molecular flexibility index (Phi) is 2.54. The van der Waals surface area contributed by atoms with Gasteiger partial charge in [-0.25, -0.2) is 0 Å². The molecule has 0 saturated carbocycles. The fourth-order valence-electron chi connectivity index (χ4n) is 0.951. The molecular weight excluding hydrogens is 188 g/mol. The molecule has 0 aliphatic carbocycles. The second-order valence-electron chi connectivity index (χ2n) is 2.53. The summed E-state index contributed by atoms with van der Waals surface area (Å²) in [6.07, 6.45) is 0. The highest BCUT2D eigenvalue weighted by atomic mass is 32.1. The van der Waals surface area contributed by atoms with Gasteiger partial charge < -0.3 is 0 Å². The lowest BCUT2D eigenvalue weighted by molar-refractivity contribution is -0.385. The summed E-state index contributed by atoms with van der Waals surface area (Å²) in [5, 5.41) is 19.0. The summed E-state index contributed by atoms with van der Waals surface area (Å²) in [6.45, 7) is 1.68. The van der Waals surface area contributed by atoms with E-state index in [1.165, 1.54) is 12.1 Å². The number of aryl methyl sites for hydroxylation is 1. The van der Waals surface area contributed by atoms with Gasteiger partial charge in [0.15, 0.2) is 0 Å². The molecule has 1 aromatic rings. The van der Waals surface area contributed by atoms with Gasteiger partial charge >= 0.3 is 0 Å². The summed E-state index contributed by atoms with van der Waals surface area (Å²) in [6, 6.07) is 4.46. The number of hydrogen-bond acceptors (Lipinski definition) is 4. The second kappa shape index (κ2) is 3.46. The predicted molar refractivity (Wildman–Crippen MR) is 49.8 cm³/mol. The van der Waals surface area contributed by atoms with Crippen molar-refractivity contribution in [2.24, 2.45) is 0 Å². The number of nitriles is 1. The number of hydrogen-bond donors (Lipinski definition) is 1. The molecule has 0 aromatic heterocycles. The Labute approximate surface area is 80.4 Å². The van der Waals surface area contributed by atoms with Gasteiger partial charge in [-0.2, -0.15) is 5.26 Å². The highest BCUT2D eigenvalue weighted by molar-refractivity contribution is 7.80. The maximum atomic E-state index is 10.4. The first-order valence-electron chi connectivity index (χ1n) is 3.44. The Morgan fingerprint density at radius 3 is 2.69 bits per heavy atom. The first-order valence-corrected chi connectivity index (χ1v) is 3.89. The molecule has 66 valence electrons. The number of nitro groups is 1. The van der Waals surface area contributed by atoms with Gasteiger partial charge in [0.25, 0.3) is 5.69 Å². The van der Waals surface area contributed by atoms with E-state index in [1.807, 2.05) is 6.07 Å². The Hall–Kier alpha value is -1.54. The Bertz CT molecular complexity index is 409. The van der Waals surface area contributed by atoms with Crippen LogP contribution in [0.3, 0.4) is 0 Å². The summed E-state index contributed by atoms with van der Waals surface area (Å²) < 4.78 is 0. The van der Waals surface area contributed by atoms with Crippen molar-refractivity contribution in [2.45, 2.75) is 11.8 Å². The maximum absolute atomic E-state index is 10.4. The van der Waals surface area contributed by atoms with Crippen molar-refractivity contribution in [3.63, 3.8) is 0 Å². The van der Waals surface area contributed by atoms with Crippen molar-refractivity contribution in [3.05, 3.63) is 33.4 Å². The van der Waals surface area contributed by atoms with E-state index in [9.17, 15) is 10.1 Å². The number of rotatable bonds is 1. The van der Waals surface area contributed by atoms with Gasteiger partial charge in [-0.05, 0) is 12.5 Å². The van der Waals surface area contributed by atoms with Gasteiger partial charge in [0.2, 0.25) is 0 Å². The van der Waals surface area contributed by atoms with E-state index >= 15 is 0 Å². The van der Waals surface area contributed by atoms with Gasteiger partial charge in [-0.3, -0.25) is 10.1 Å². The van der Waals surface area contributed by atoms with E-state index in [4.69, 9.17) is 5.26 Å². The van der Waals surface area contributed by atoms with E-state index in [2.05, 4.69) is 12.6 Å². The highest BCUT2D eigenvalue weighted by Gasteiger charge is 2.11. The third-order valence-corrected chi connectivity index (χ3v) is 2.21. The third-order valence-electron chi connectivity index (χ3n) is 1.62. The van der Waals surface area contributed by atoms with Gasteiger partial charge in [-0.15, -0.1) is 12.6 Å². The molecule has 1 aromatic carbocycles.